The van der Waals surface area contributed by atoms with Crippen LogP contribution in [0.1, 0.15) is 33.1 Å². The van der Waals surface area contributed by atoms with Gasteiger partial charge in [0, 0.05) is 0 Å². The van der Waals surface area contributed by atoms with Gasteiger partial charge in [0.25, 0.3) is 0 Å². The topological polar surface area (TPSA) is 63.6 Å². The van der Waals surface area contributed by atoms with Gasteiger partial charge < -0.3 is 14.3 Å². The summed E-state index contributed by atoms with van der Waals surface area (Å²) in [5.41, 5.74) is 0. The van der Waals surface area contributed by atoms with E-state index in [1.807, 2.05) is 47.1 Å². The van der Waals surface area contributed by atoms with E-state index in [-0.39, 0.29) is 18.3 Å². The summed E-state index contributed by atoms with van der Waals surface area (Å²) in [6.07, 6.45) is 4.49. The lowest BCUT2D eigenvalue weighted by atomic mass is 10.0. The van der Waals surface area contributed by atoms with Crippen LogP contribution in [0, 0.1) is 5.92 Å². The highest BCUT2D eigenvalue weighted by atomic mass is 16.5. The highest BCUT2D eigenvalue weighted by molar-refractivity contribution is 5.75. The minimum Gasteiger partial charge on any atom is -0.481 e. The van der Waals surface area contributed by atoms with Crippen molar-refractivity contribution in [2.24, 2.45) is 5.92 Å². The van der Waals surface area contributed by atoms with Gasteiger partial charge in [0.2, 0.25) is 0 Å². The van der Waals surface area contributed by atoms with Crippen molar-refractivity contribution >= 4 is 11.9 Å². The number of nitrogens with zero attached hydrogens (tertiary/aromatic N) is 1. The van der Waals surface area contributed by atoms with E-state index in [1.165, 1.54) is 0 Å². The molecule has 0 aromatic heterocycles. The molecule has 2 unspecified atom stereocenters. The smallest absolute Gasteiger partial charge is 0.313 e. The lowest BCUT2D eigenvalue weighted by Gasteiger charge is -2.29. The number of hydrogen-bond acceptors (Lipinski definition) is 3. The van der Waals surface area contributed by atoms with Crippen LogP contribution in [-0.4, -0.2) is 55.3 Å². The second-order valence-electron chi connectivity index (χ2n) is 6.05. The van der Waals surface area contributed by atoms with Gasteiger partial charge in [-0.2, -0.15) is 0 Å². The fraction of sp³-hybridized carbons (Fsp3) is 0.733. The zero-order chi connectivity index (χ0) is 15.8. The maximum absolute atomic E-state index is 12.1. The quantitative estimate of drug-likeness (QED) is 0.400. The largest absolute Gasteiger partial charge is 0.481 e. The van der Waals surface area contributed by atoms with Crippen LogP contribution in [0.3, 0.4) is 0 Å². The van der Waals surface area contributed by atoms with E-state index in [2.05, 4.69) is 0 Å². The average molecular weight is 286 g/mol. The Hall–Kier alpha value is -1.36. The number of carbonyl (C=O) groups excluding carboxylic acids is 1. The van der Waals surface area contributed by atoms with Gasteiger partial charge in [-0.3, -0.25) is 9.59 Å². The first kappa shape index (κ1) is 18.6. The number of aliphatic carboxylic acids is 1. The molecule has 0 spiro atoms. The van der Waals surface area contributed by atoms with Gasteiger partial charge in [0.1, 0.15) is 6.54 Å². The summed E-state index contributed by atoms with van der Waals surface area (Å²) in [5, 5.41) is 8.93. The zero-order valence-corrected chi connectivity index (χ0v) is 13.3. The third-order valence-corrected chi connectivity index (χ3v) is 2.76. The number of carboxylic acid groups (broad SMARTS) is 1. The van der Waals surface area contributed by atoms with Crippen LogP contribution < -0.4 is 0 Å². The molecule has 116 valence electrons. The van der Waals surface area contributed by atoms with Crippen LogP contribution in [0.5, 0.6) is 0 Å². The molecule has 20 heavy (non-hydrogen) atoms. The number of quaternary nitrogens is 1. The molecule has 0 aliphatic carbocycles. The molecule has 2 atom stereocenters. The summed E-state index contributed by atoms with van der Waals surface area (Å²) >= 11 is 0. The Balaban J connectivity index is 4.76. The Morgan fingerprint density at radius 3 is 2.30 bits per heavy atom. The molecule has 0 aliphatic rings. The molecular weight excluding hydrogens is 258 g/mol. The number of allylic oxidation sites excluding steroid dienone is 1. The highest BCUT2D eigenvalue weighted by Crippen LogP contribution is 2.14. The van der Waals surface area contributed by atoms with Crippen LogP contribution in [0.4, 0.5) is 0 Å². The molecule has 0 saturated carbocycles. The molecular formula is C15H28NO4+. The monoisotopic (exact) mass is 286 g/mol. The predicted molar refractivity (Wildman–Crippen MR) is 78.2 cm³/mol. The van der Waals surface area contributed by atoms with Gasteiger partial charge in [-0.05, 0) is 13.3 Å². The molecule has 0 amide bonds. The normalized spacial score (nSPS) is 15.1. The van der Waals surface area contributed by atoms with Gasteiger partial charge >= 0.3 is 11.9 Å². The standard InChI is InChI=1S/C15H27NO4/c1-6-8-12(9-7-2)15(19)20-13(10-14(17)18)11-16(3,4)5/h6,8,12-13H,7,9-11H2,1-5H3/p+1/b8-6+. The Morgan fingerprint density at radius 1 is 1.30 bits per heavy atom. The molecule has 0 bridgehead atoms. The Bertz CT molecular complexity index is 344. The summed E-state index contributed by atoms with van der Waals surface area (Å²) in [6, 6.07) is 0. The Labute approximate surface area is 121 Å². The molecule has 0 aromatic carbocycles. The number of carboxylic acids is 1. The molecule has 0 radical (unpaired) electrons. The first-order valence-electron chi connectivity index (χ1n) is 7.05. The van der Waals surface area contributed by atoms with Gasteiger partial charge in [0.15, 0.2) is 6.10 Å². The molecule has 5 nitrogen and oxygen atoms in total. The van der Waals surface area contributed by atoms with Crippen molar-refractivity contribution in [2.75, 3.05) is 27.7 Å². The Morgan fingerprint density at radius 2 is 1.90 bits per heavy atom. The zero-order valence-electron chi connectivity index (χ0n) is 13.3. The highest BCUT2D eigenvalue weighted by Gasteiger charge is 2.27. The lowest BCUT2D eigenvalue weighted by molar-refractivity contribution is -0.873. The summed E-state index contributed by atoms with van der Waals surface area (Å²) in [5.74, 6) is -1.56. The first-order valence-corrected chi connectivity index (χ1v) is 7.05. The third-order valence-electron chi connectivity index (χ3n) is 2.76. The van der Waals surface area contributed by atoms with Crippen molar-refractivity contribution in [3.63, 3.8) is 0 Å². The fourth-order valence-electron chi connectivity index (χ4n) is 2.04. The summed E-state index contributed by atoms with van der Waals surface area (Å²) < 4.78 is 5.97. The van der Waals surface area contributed by atoms with Gasteiger partial charge in [-0.25, -0.2) is 0 Å². The van der Waals surface area contributed by atoms with Gasteiger partial charge in [-0.1, -0.05) is 25.5 Å². The van der Waals surface area contributed by atoms with Crippen LogP contribution in [0.2, 0.25) is 0 Å². The molecule has 0 heterocycles. The van der Waals surface area contributed by atoms with Crippen molar-refractivity contribution in [2.45, 2.75) is 39.2 Å². The van der Waals surface area contributed by atoms with E-state index < -0.39 is 12.1 Å². The minimum atomic E-state index is -0.950. The van der Waals surface area contributed by atoms with Crippen molar-refractivity contribution in [1.29, 1.82) is 0 Å². The van der Waals surface area contributed by atoms with E-state index in [0.717, 1.165) is 6.42 Å². The molecule has 0 aliphatic heterocycles. The Kier molecular flexibility index (Phi) is 8.15. The van der Waals surface area contributed by atoms with Crippen molar-refractivity contribution in [3.8, 4) is 0 Å². The molecule has 0 rings (SSSR count). The number of ether oxygens (including phenoxy) is 1. The number of rotatable bonds is 9. The van der Waals surface area contributed by atoms with Gasteiger partial charge in [-0.15, -0.1) is 0 Å². The molecule has 0 aromatic rings. The third kappa shape index (κ3) is 8.69. The number of likely N-dealkylation sites (N-methyl/N-ethyl adjacent to an activating group) is 1. The van der Waals surface area contributed by atoms with Crippen molar-refractivity contribution in [1.82, 2.24) is 0 Å². The lowest BCUT2D eigenvalue weighted by Crippen LogP contribution is -2.44. The average Bonchev–Trinajstić information content (AvgIpc) is 2.25. The van der Waals surface area contributed by atoms with Crippen LogP contribution in [0.15, 0.2) is 12.2 Å². The fourth-order valence-corrected chi connectivity index (χ4v) is 2.04. The van der Waals surface area contributed by atoms with Crippen molar-refractivity contribution < 1.29 is 23.9 Å². The number of carbonyl (C=O) groups is 2. The van der Waals surface area contributed by atoms with E-state index >= 15 is 0 Å². The minimum absolute atomic E-state index is 0.157. The maximum atomic E-state index is 12.1. The van der Waals surface area contributed by atoms with E-state index in [4.69, 9.17) is 9.84 Å². The van der Waals surface area contributed by atoms with E-state index in [9.17, 15) is 9.59 Å². The van der Waals surface area contributed by atoms with Crippen LogP contribution in [0.25, 0.3) is 0 Å². The number of esters is 1. The van der Waals surface area contributed by atoms with E-state index in [0.29, 0.717) is 17.4 Å². The molecule has 0 saturated heterocycles. The summed E-state index contributed by atoms with van der Waals surface area (Å²) in [4.78, 5) is 23.0. The second kappa shape index (κ2) is 8.74. The molecule has 5 heteroatoms. The second-order valence-corrected chi connectivity index (χ2v) is 6.05. The summed E-state index contributed by atoms with van der Waals surface area (Å²) in [6.45, 7) is 4.34. The van der Waals surface area contributed by atoms with Crippen molar-refractivity contribution in [3.05, 3.63) is 12.2 Å². The van der Waals surface area contributed by atoms with Crippen LogP contribution >= 0.6 is 0 Å². The maximum Gasteiger partial charge on any atom is 0.313 e. The molecule has 1 N–H and O–H groups in total. The first-order chi connectivity index (χ1) is 9.19. The predicted octanol–water partition coefficient (Wildman–Crippen LogP) is 2.07. The number of hydrogen-bond donors (Lipinski definition) is 1. The van der Waals surface area contributed by atoms with Gasteiger partial charge in [0.05, 0.1) is 33.5 Å². The molecule has 0 fully saturated rings. The summed E-state index contributed by atoms with van der Waals surface area (Å²) in [7, 11) is 5.83. The SMILES string of the molecule is C/C=C/C(CCC)C(=O)OC(CC(=O)O)C[N+](C)(C)C. The van der Waals surface area contributed by atoms with E-state index in [1.54, 1.807) is 0 Å². The van der Waals surface area contributed by atoms with Crippen LogP contribution in [-0.2, 0) is 14.3 Å².